The maximum Gasteiger partial charge on any atom is 0.361 e. The van der Waals surface area contributed by atoms with Gasteiger partial charge in [0, 0.05) is 11.1 Å². The van der Waals surface area contributed by atoms with Crippen molar-refractivity contribution in [2.24, 2.45) is 5.92 Å². The van der Waals surface area contributed by atoms with Crippen molar-refractivity contribution in [2.75, 3.05) is 6.61 Å². The van der Waals surface area contributed by atoms with Gasteiger partial charge in [0.05, 0.1) is 11.4 Å². The molecule has 8 heteroatoms. The van der Waals surface area contributed by atoms with Crippen LogP contribution in [0.4, 0.5) is 0 Å². The minimum atomic E-state index is -0.673. The molecule has 0 saturated heterocycles. The first-order chi connectivity index (χ1) is 12.9. The Labute approximate surface area is 163 Å². The summed E-state index contributed by atoms with van der Waals surface area (Å²) in [6.45, 7) is 3.56. The lowest BCUT2D eigenvalue weighted by Crippen LogP contribution is -2.39. The molecule has 1 fully saturated rings. The Morgan fingerprint density at radius 2 is 2.00 bits per heavy atom. The number of ether oxygens (including phenoxy) is 1. The summed E-state index contributed by atoms with van der Waals surface area (Å²) in [5.41, 5.74) is 1.13. The van der Waals surface area contributed by atoms with Crippen LogP contribution in [0.3, 0.4) is 0 Å². The third-order valence-electron chi connectivity index (χ3n) is 4.73. The van der Waals surface area contributed by atoms with Gasteiger partial charge in [-0.25, -0.2) is 4.79 Å². The topological polar surface area (TPSA) is 86.1 Å². The van der Waals surface area contributed by atoms with E-state index in [0.717, 1.165) is 25.7 Å². The SMILES string of the molecule is Cc1nn(-c2cccc(Cl)c2)nc1C(=O)OCC(=O)NC1CCC(C)CC1. The molecule has 3 rings (SSSR count). The van der Waals surface area contributed by atoms with Crippen molar-refractivity contribution in [3.05, 3.63) is 40.7 Å². The van der Waals surface area contributed by atoms with E-state index in [4.69, 9.17) is 16.3 Å². The summed E-state index contributed by atoms with van der Waals surface area (Å²) in [6.07, 6.45) is 4.15. The molecule has 1 N–H and O–H groups in total. The number of rotatable bonds is 5. The van der Waals surface area contributed by atoms with Gasteiger partial charge in [-0.15, -0.1) is 5.10 Å². The van der Waals surface area contributed by atoms with Crippen LogP contribution in [0.2, 0.25) is 5.02 Å². The van der Waals surface area contributed by atoms with Gasteiger partial charge in [-0.3, -0.25) is 4.79 Å². The number of halogens is 1. The zero-order valence-corrected chi connectivity index (χ0v) is 16.2. The van der Waals surface area contributed by atoms with Gasteiger partial charge in [-0.2, -0.15) is 9.90 Å². The quantitative estimate of drug-likeness (QED) is 0.793. The number of benzene rings is 1. The maximum atomic E-state index is 12.3. The zero-order valence-electron chi connectivity index (χ0n) is 15.4. The molecule has 1 amide bonds. The predicted molar refractivity (Wildman–Crippen MR) is 101 cm³/mol. The third-order valence-corrected chi connectivity index (χ3v) is 4.97. The Morgan fingerprint density at radius 3 is 2.70 bits per heavy atom. The van der Waals surface area contributed by atoms with E-state index in [1.165, 1.54) is 4.80 Å². The molecule has 1 heterocycles. The van der Waals surface area contributed by atoms with Crippen LogP contribution in [0.5, 0.6) is 0 Å². The highest BCUT2D eigenvalue weighted by Crippen LogP contribution is 2.23. The number of amides is 1. The largest absolute Gasteiger partial charge is 0.451 e. The molecule has 27 heavy (non-hydrogen) atoms. The molecule has 0 radical (unpaired) electrons. The van der Waals surface area contributed by atoms with Crippen LogP contribution < -0.4 is 5.32 Å². The van der Waals surface area contributed by atoms with E-state index < -0.39 is 5.97 Å². The van der Waals surface area contributed by atoms with Crippen molar-refractivity contribution < 1.29 is 14.3 Å². The molecule has 1 aromatic heterocycles. The number of hydrogen-bond donors (Lipinski definition) is 1. The first kappa shape index (κ1) is 19.4. The molecule has 1 aliphatic carbocycles. The average Bonchev–Trinajstić information content (AvgIpc) is 3.03. The first-order valence-corrected chi connectivity index (χ1v) is 9.46. The van der Waals surface area contributed by atoms with Gasteiger partial charge >= 0.3 is 5.97 Å². The Kier molecular flexibility index (Phi) is 6.11. The number of carbonyl (C=O) groups is 2. The van der Waals surface area contributed by atoms with E-state index in [-0.39, 0.29) is 24.2 Å². The van der Waals surface area contributed by atoms with Gasteiger partial charge in [0.2, 0.25) is 0 Å². The van der Waals surface area contributed by atoms with Gasteiger partial charge in [0.25, 0.3) is 5.91 Å². The van der Waals surface area contributed by atoms with Gasteiger partial charge in [0.1, 0.15) is 0 Å². The molecule has 0 aliphatic heterocycles. The molecule has 1 aliphatic rings. The monoisotopic (exact) mass is 390 g/mol. The van der Waals surface area contributed by atoms with Gasteiger partial charge in [-0.05, 0) is 56.7 Å². The van der Waals surface area contributed by atoms with Gasteiger partial charge < -0.3 is 10.1 Å². The second-order valence-electron chi connectivity index (χ2n) is 7.00. The minimum absolute atomic E-state index is 0.0780. The summed E-state index contributed by atoms with van der Waals surface area (Å²) in [4.78, 5) is 25.6. The second kappa shape index (κ2) is 8.52. The predicted octanol–water partition coefficient (Wildman–Crippen LogP) is 3.08. The smallest absolute Gasteiger partial charge is 0.361 e. The lowest BCUT2D eigenvalue weighted by molar-refractivity contribution is -0.125. The van der Waals surface area contributed by atoms with E-state index in [1.807, 2.05) is 0 Å². The molecule has 2 aromatic rings. The number of aryl methyl sites for hydroxylation is 1. The molecule has 0 atom stereocenters. The summed E-state index contributed by atoms with van der Waals surface area (Å²) in [6, 6.07) is 7.14. The van der Waals surface area contributed by atoms with Crippen molar-refractivity contribution >= 4 is 23.5 Å². The first-order valence-electron chi connectivity index (χ1n) is 9.08. The van der Waals surface area contributed by atoms with Crippen LogP contribution in [0, 0.1) is 12.8 Å². The molecular weight excluding hydrogens is 368 g/mol. The fraction of sp³-hybridized carbons (Fsp3) is 0.474. The maximum absolute atomic E-state index is 12.3. The lowest BCUT2D eigenvalue weighted by Gasteiger charge is -2.26. The molecular formula is C19H23ClN4O3. The Hall–Kier alpha value is -2.41. The van der Waals surface area contributed by atoms with E-state index in [1.54, 1.807) is 31.2 Å². The molecule has 1 saturated carbocycles. The number of hydrogen-bond acceptors (Lipinski definition) is 5. The van der Waals surface area contributed by atoms with Gasteiger partial charge in [-0.1, -0.05) is 24.6 Å². The van der Waals surface area contributed by atoms with E-state index in [0.29, 0.717) is 22.3 Å². The van der Waals surface area contributed by atoms with E-state index in [9.17, 15) is 9.59 Å². The minimum Gasteiger partial charge on any atom is -0.451 e. The van der Waals surface area contributed by atoms with Gasteiger partial charge in [0.15, 0.2) is 12.3 Å². The van der Waals surface area contributed by atoms with Crippen LogP contribution in [-0.4, -0.2) is 39.5 Å². The van der Waals surface area contributed by atoms with E-state index >= 15 is 0 Å². The summed E-state index contributed by atoms with van der Waals surface area (Å²) in [5.74, 6) is -0.253. The van der Waals surface area contributed by atoms with Crippen LogP contribution in [0.1, 0.15) is 48.8 Å². The van der Waals surface area contributed by atoms with Crippen LogP contribution in [-0.2, 0) is 9.53 Å². The molecule has 0 bridgehead atoms. The Balaban J connectivity index is 1.56. The summed E-state index contributed by atoms with van der Waals surface area (Å²) in [5, 5.41) is 11.8. The standard InChI is InChI=1S/C19H23ClN4O3/c1-12-6-8-15(9-7-12)21-17(25)11-27-19(26)18-13(2)22-24(23-18)16-5-3-4-14(20)10-16/h3-5,10,12,15H,6-9,11H2,1-2H3,(H,21,25). The molecule has 0 unspecified atom stereocenters. The highest BCUT2D eigenvalue weighted by Gasteiger charge is 2.22. The number of nitrogens with zero attached hydrogens (tertiary/aromatic N) is 3. The van der Waals surface area contributed by atoms with Crippen molar-refractivity contribution in [3.63, 3.8) is 0 Å². The fourth-order valence-corrected chi connectivity index (χ4v) is 3.34. The second-order valence-corrected chi connectivity index (χ2v) is 7.44. The van der Waals surface area contributed by atoms with Crippen molar-refractivity contribution in [1.82, 2.24) is 20.3 Å². The molecule has 1 aromatic carbocycles. The van der Waals surface area contributed by atoms with Crippen molar-refractivity contribution in [2.45, 2.75) is 45.6 Å². The molecule has 7 nitrogen and oxygen atoms in total. The van der Waals surface area contributed by atoms with Crippen molar-refractivity contribution in [1.29, 1.82) is 0 Å². The third kappa shape index (κ3) is 5.07. The number of carbonyl (C=O) groups excluding carboxylic acids is 2. The van der Waals surface area contributed by atoms with E-state index in [2.05, 4.69) is 22.4 Å². The Morgan fingerprint density at radius 1 is 1.26 bits per heavy atom. The summed E-state index contributed by atoms with van der Waals surface area (Å²) >= 11 is 5.97. The van der Waals surface area contributed by atoms with Crippen molar-refractivity contribution in [3.8, 4) is 5.69 Å². The zero-order chi connectivity index (χ0) is 19.4. The van der Waals surface area contributed by atoms with Crippen LogP contribution in [0.15, 0.2) is 24.3 Å². The molecule has 144 valence electrons. The average molecular weight is 391 g/mol. The normalized spacial score (nSPS) is 19.5. The fourth-order valence-electron chi connectivity index (χ4n) is 3.16. The summed E-state index contributed by atoms with van der Waals surface area (Å²) in [7, 11) is 0. The molecule has 0 spiro atoms. The summed E-state index contributed by atoms with van der Waals surface area (Å²) < 4.78 is 5.11. The number of esters is 1. The highest BCUT2D eigenvalue weighted by atomic mass is 35.5. The number of nitrogens with one attached hydrogen (secondary N) is 1. The van der Waals surface area contributed by atoms with Crippen LogP contribution in [0.25, 0.3) is 5.69 Å². The highest BCUT2D eigenvalue weighted by molar-refractivity contribution is 6.30. The lowest BCUT2D eigenvalue weighted by atomic mass is 9.87. The Bertz CT molecular complexity index is 828. The number of aromatic nitrogens is 3. The van der Waals surface area contributed by atoms with Crippen LogP contribution >= 0.6 is 11.6 Å².